The van der Waals surface area contributed by atoms with Gasteiger partial charge >= 0.3 is 6.18 Å². The van der Waals surface area contributed by atoms with Crippen LogP contribution in [0.5, 0.6) is 0 Å². The Balaban J connectivity index is 1.49. The Morgan fingerprint density at radius 2 is 1.97 bits per heavy atom. The minimum absolute atomic E-state index is 0.0465. The number of nitrogens with zero attached hydrogens (tertiary/aromatic N) is 4. The molecular weight excluding hydrogens is 459 g/mol. The maximum absolute atomic E-state index is 13.3. The summed E-state index contributed by atoms with van der Waals surface area (Å²) in [6.07, 6.45) is -2.96. The molecule has 0 atom stereocenters. The van der Waals surface area contributed by atoms with E-state index >= 15 is 0 Å². The van der Waals surface area contributed by atoms with Crippen molar-refractivity contribution in [2.75, 3.05) is 42.3 Å². The van der Waals surface area contributed by atoms with Crippen LogP contribution >= 0.6 is 11.8 Å². The summed E-state index contributed by atoms with van der Waals surface area (Å²) in [7, 11) is 1.77. The molecule has 0 spiro atoms. The van der Waals surface area contributed by atoms with Gasteiger partial charge in [-0.25, -0.2) is 0 Å². The fraction of sp³-hybridized carbons (Fsp3) is 0.381. The van der Waals surface area contributed by atoms with Crippen molar-refractivity contribution in [1.82, 2.24) is 14.8 Å². The van der Waals surface area contributed by atoms with Crippen molar-refractivity contribution in [3.05, 3.63) is 41.9 Å². The molecule has 1 aliphatic rings. The van der Waals surface area contributed by atoms with E-state index in [1.54, 1.807) is 23.9 Å². The molecular formula is C21H22F3N5O3S. The summed E-state index contributed by atoms with van der Waals surface area (Å²) in [5.41, 5.74) is 0.613. The highest BCUT2D eigenvalue weighted by molar-refractivity contribution is 7.99. The smallest absolute Gasteiger partial charge is 0.416 e. The van der Waals surface area contributed by atoms with E-state index in [9.17, 15) is 18.0 Å². The number of hydrogen-bond acceptors (Lipinski definition) is 7. The number of carbonyl (C=O) groups excluding carboxylic acids is 1. The number of ether oxygens (including phenoxy) is 1. The lowest BCUT2D eigenvalue weighted by atomic mass is 10.1. The Bertz CT molecular complexity index is 1140. The van der Waals surface area contributed by atoms with Gasteiger partial charge in [-0.15, -0.1) is 10.2 Å². The number of morpholine rings is 1. The van der Waals surface area contributed by atoms with Crippen LogP contribution in [0.25, 0.3) is 11.4 Å². The number of anilines is 2. The topological polar surface area (TPSA) is 85.4 Å². The number of furan rings is 1. The van der Waals surface area contributed by atoms with Gasteiger partial charge < -0.3 is 23.9 Å². The summed E-state index contributed by atoms with van der Waals surface area (Å²) < 4.78 is 52.2. The summed E-state index contributed by atoms with van der Waals surface area (Å²) in [5.74, 6) is 0.796. The van der Waals surface area contributed by atoms with Crippen LogP contribution in [0.4, 0.5) is 24.5 Å². The number of thioether (sulfide) groups is 1. The fourth-order valence-corrected chi connectivity index (χ4v) is 4.21. The van der Waals surface area contributed by atoms with E-state index in [-0.39, 0.29) is 11.4 Å². The highest BCUT2D eigenvalue weighted by Gasteiger charge is 2.32. The molecule has 0 unspecified atom stereocenters. The summed E-state index contributed by atoms with van der Waals surface area (Å²) in [5, 5.41) is 11.4. The van der Waals surface area contributed by atoms with E-state index < -0.39 is 17.6 Å². The van der Waals surface area contributed by atoms with Crippen LogP contribution in [0.1, 0.15) is 11.3 Å². The van der Waals surface area contributed by atoms with E-state index in [2.05, 4.69) is 15.5 Å². The van der Waals surface area contributed by atoms with Crippen molar-refractivity contribution < 1.29 is 27.1 Å². The number of alkyl halides is 3. The molecule has 3 heterocycles. The van der Waals surface area contributed by atoms with Gasteiger partial charge in [0, 0.05) is 20.1 Å². The Labute approximate surface area is 192 Å². The predicted octanol–water partition coefficient (Wildman–Crippen LogP) is 3.97. The van der Waals surface area contributed by atoms with Crippen LogP contribution in [0.15, 0.2) is 40.1 Å². The maximum Gasteiger partial charge on any atom is 0.416 e. The third-order valence-corrected chi connectivity index (χ3v) is 6.24. The van der Waals surface area contributed by atoms with Crippen LogP contribution in [0.3, 0.4) is 0 Å². The number of aromatic nitrogens is 3. The molecule has 176 valence electrons. The first-order valence-electron chi connectivity index (χ1n) is 10.1. The molecule has 1 N–H and O–H groups in total. The molecule has 4 rings (SSSR count). The van der Waals surface area contributed by atoms with Crippen molar-refractivity contribution in [3.63, 3.8) is 0 Å². The number of rotatable bonds is 6. The highest BCUT2D eigenvalue weighted by atomic mass is 32.2. The minimum atomic E-state index is -4.52. The lowest BCUT2D eigenvalue weighted by Crippen LogP contribution is -2.37. The van der Waals surface area contributed by atoms with E-state index in [4.69, 9.17) is 9.15 Å². The second-order valence-corrected chi connectivity index (χ2v) is 8.36. The van der Waals surface area contributed by atoms with Gasteiger partial charge in [-0.1, -0.05) is 11.8 Å². The van der Waals surface area contributed by atoms with Gasteiger partial charge in [0.05, 0.1) is 47.7 Å². The molecule has 12 heteroatoms. The van der Waals surface area contributed by atoms with Gasteiger partial charge in [-0.3, -0.25) is 4.79 Å². The Hall–Kier alpha value is -2.99. The second kappa shape index (κ2) is 9.48. The second-order valence-electron chi connectivity index (χ2n) is 7.42. The Kier molecular flexibility index (Phi) is 6.66. The summed E-state index contributed by atoms with van der Waals surface area (Å²) in [6.45, 7) is 3.80. The molecule has 1 saturated heterocycles. The number of aryl methyl sites for hydroxylation is 1. The SMILES string of the molecule is Cc1occc1-c1nnc(SCC(=O)Nc2cc(C(F)(F)F)ccc2N2CCOCC2)n1C. The molecule has 8 nitrogen and oxygen atoms in total. The van der Waals surface area contributed by atoms with Gasteiger partial charge in [0.1, 0.15) is 5.76 Å². The van der Waals surface area contributed by atoms with Crippen LogP contribution in [-0.4, -0.2) is 52.7 Å². The van der Waals surface area contributed by atoms with Crippen molar-refractivity contribution in [3.8, 4) is 11.4 Å². The molecule has 33 heavy (non-hydrogen) atoms. The number of halogens is 3. The third kappa shape index (κ3) is 5.17. The molecule has 0 aliphatic carbocycles. The average molecular weight is 482 g/mol. The first kappa shape index (κ1) is 23.2. The number of hydrogen-bond donors (Lipinski definition) is 1. The van der Waals surface area contributed by atoms with Crippen molar-refractivity contribution in [2.24, 2.45) is 7.05 Å². The monoisotopic (exact) mass is 481 g/mol. The lowest BCUT2D eigenvalue weighted by molar-refractivity contribution is -0.137. The highest BCUT2D eigenvalue weighted by Crippen LogP contribution is 2.36. The van der Waals surface area contributed by atoms with Crippen molar-refractivity contribution in [2.45, 2.75) is 18.3 Å². The summed E-state index contributed by atoms with van der Waals surface area (Å²) in [6, 6.07) is 5.16. The molecule has 1 aromatic carbocycles. The minimum Gasteiger partial charge on any atom is -0.469 e. The van der Waals surface area contributed by atoms with Crippen LogP contribution in [-0.2, 0) is 22.8 Å². The molecule has 1 amide bonds. The van der Waals surface area contributed by atoms with E-state index in [0.717, 1.165) is 29.5 Å². The number of benzene rings is 1. The van der Waals surface area contributed by atoms with Crippen LogP contribution in [0.2, 0.25) is 0 Å². The number of nitrogens with one attached hydrogen (secondary N) is 1. The lowest BCUT2D eigenvalue weighted by Gasteiger charge is -2.31. The zero-order valence-corrected chi connectivity index (χ0v) is 18.8. The van der Waals surface area contributed by atoms with Gasteiger partial charge in [0.25, 0.3) is 0 Å². The van der Waals surface area contributed by atoms with Crippen molar-refractivity contribution in [1.29, 1.82) is 0 Å². The van der Waals surface area contributed by atoms with Gasteiger partial charge in [0.2, 0.25) is 5.91 Å². The molecule has 0 radical (unpaired) electrons. The molecule has 2 aromatic heterocycles. The normalized spacial score (nSPS) is 14.5. The maximum atomic E-state index is 13.3. The van der Waals surface area contributed by atoms with E-state index in [0.29, 0.717) is 48.7 Å². The molecule has 1 aliphatic heterocycles. The third-order valence-electron chi connectivity index (χ3n) is 5.22. The van der Waals surface area contributed by atoms with Crippen molar-refractivity contribution >= 4 is 29.0 Å². The van der Waals surface area contributed by atoms with Crippen LogP contribution < -0.4 is 10.2 Å². The first-order chi connectivity index (χ1) is 15.7. The molecule has 3 aromatic rings. The number of carbonyl (C=O) groups is 1. The summed E-state index contributed by atoms with van der Waals surface area (Å²) in [4.78, 5) is 14.6. The van der Waals surface area contributed by atoms with E-state index in [1.165, 1.54) is 6.07 Å². The zero-order valence-electron chi connectivity index (χ0n) is 18.0. The predicted molar refractivity (Wildman–Crippen MR) is 117 cm³/mol. The zero-order chi connectivity index (χ0) is 23.6. The Morgan fingerprint density at radius 1 is 1.21 bits per heavy atom. The molecule has 0 saturated carbocycles. The van der Waals surface area contributed by atoms with Gasteiger partial charge in [0.15, 0.2) is 11.0 Å². The number of amides is 1. The Morgan fingerprint density at radius 3 is 2.64 bits per heavy atom. The van der Waals surface area contributed by atoms with E-state index in [1.807, 2.05) is 11.8 Å². The fourth-order valence-electron chi connectivity index (χ4n) is 3.50. The quantitative estimate of drug-likeness (QED) is 0.534. The average Bonchev–Trinajstić information content (AvgIpc) is 3.37. The summed E-state index contributed by atoms with van der Waals surface area (Å²) >= 11 is 1.14. The standard InChI is InChI=1S/C21H22F3N5O3S/c1-13-15(5-8-32-13)19-26-27-20(28(19)2)33-12-18(30)25-16-11-14(21(22,23)24)3-4-17(16)29-6-9-31-10-7-29/h3-5,8,11H,6-7,9-10,12H2,1-2H3,(H,25,30). The van der Waals surface area contributed by atoms with Crippen LogP contribution in [0, 0.1) is 6.92 Å². The first-order valence-corrected chi connectivity index (χ1v) is 11.1. The molecule has 0 bridgehead atoms. The van der Waals surface area contributed by atoms with Gasteiger partial charge in [-0.05, 0) is 31.2 Å². The van der Waals surface area contributed by atoms with Gasteiger partial charge in [-0.2, -0.15) is 13.2 Å². The molecule has 1 fully saturated rings. The largest absolute Gasteiger partial charge is 0.469 e.